The zero-order valence-electron chi connectivity index (χ0n) is 11.0. The molecule has 0 aromatic heterocycles. The number of hydrogen-bond acceptors (Lipinski definition) is 4. The summed E-state index contributed by atoms with van der Waals surface area (Å²) in [5.74, 6) is -0.167. The molecule has 0 spiro atoms. The van der Waals surface area contributed by atoms with Crippen molar-refractivity contribution in [2.75, 3.05) is 18.6 Å². The fourth-order valence-corrected chi connectivity index (χ4v) is 2.29. The molecule has 0 fully saturated rings. The molecule has 2 rings (SSSR count). The van der Waals surface area contributed by atoms with Crippen molar-refractivity contribution < 1.29 is 14.3 Å². The Bertz CT molecular complexity index is 499. The Labute approximate surface area is 112 Å². The molecule has 5 heteroatoms. The molecule has 0 saturated heterocycles. The number of rotatable bonds is 5. The summed E-state index contributed by atoms with van der Waals surface area (Å²) in [5.41, 5.74) is 8.58. The first-order valence-electron chi connectivity index (χ1n) is 6.34. The predicted octanol–water partition coefficient (Wildman–Crippen LogP) is 0.988. The van der Waals surface area contributed by atoms with Crippen molar-refractivity contribution in [3.63, 3.8) is 0 Å². The summed E-state index contributed by atoms with van der Waals surface area (Å²) in [4.78, 5) is 24.7. The standard InChI is InChI=1S/C14H18N2O3/c1-19-14(18)3-2-6-16-12-5-4-10(9-15)7-11(12)8-13(16)17/h4-5,7H,2-3,6,8-9,15H2,1H3. The van der Waals surface area contributed by atoms with Crippen molar-refractivity contribution in [2.24, 2.45) is 5.73 Å². The van der Waals surface area contributed by atoms with E-state index in [2.05, 4.69) is 4.74 Å². The number of ether oxygens (including phenoxy) is 1. The van der Waals surface area contributed by atoms with E-state index in [-0.39, 0.29) is 11.9 Å². The highest BCUT2D eigenvalue weighted by atomic mass is 16.5. The molecule has 19 heavy (non-hydrogen) atoms. The van der Waals surface area contributed by atoms with Crippen LogP contribution in [-0.4, -0.2) is 25.5 Å². The number of nitrogens with zero attached hydrogens (tertiary/aromatic N) is 1. The quantitative estimate of drug-likeness (QED) is 0.803. The maximum absolute atomic E-state index is 12.0. The van der Waals surface area contributed by atoms with Gasteiger partial charge in [-0.2, -0.15) is 0 Å². The molecule has 0 bridgehead atoms. The minimum absolute atomic E-state index is 0.0778. The van der Waals surface area contributed by atoms with Gasteiger partial charge in [-0.15, -0.1) is 0 Å². The van der Waals surface area contributed by atoms with Crippen LogP contribution >= 0.6 is 0 Å². The van der Waals surface area contributed by atoms with E-state index in [4.69, 9.17) is 5.73 Å². The average Bonchev–Trinajstić information content (AvgIpc) is 2.73. The number of benzene rings is 1. The largest absolute Gasteiger partial charge is 0.469 e. The van der Waals surface area contributed by atoms with Crippen molar-refractivity contribution in [1.82, 2.24) is 0 Å². The fraction of sp³-hybridized carbons (Fsp3) is 0.429. The van der Waals surface area contributed by atoms with Crippen LogP contribution in [0.15, 0.2) is 18.2 Å². The lowest BCUT2D eigenvalue weighted by Gasteiger charge is -2.17. The zero-order valence-corrected chi connectivity index (χ0v) is 11.0. The lowest BCUT2D eigenvalue weighted by Crippen LogP contribution is -2.28. The van der Waals surface area contributed by atoms with Gasteiger partial charge in [0.1, 0.15) is 0 Å². The lowest BCUT2D eigenvalue weighted by molar-refractivity contribution is -0.140. The van der Waals surface area contributed by atoms with Gasteiger partial charge in [0.2, 0.25) is 5.91 Å². The second-order valence-corrected chi connectivity index (χ2v) is 4.57. The molecule has 0 radical (unpaired) electrons. The minimum Gasteiger partial charge on any atom is -0.469 e. The van der Waals surface area contributed by atoms with Gasteiger partial charge in [0.05, 0.1) is 13.5 Å². The molecule has 0 atom stereocenters. The molecular formula is C14H18N2O3. The molecule has 1 aromatic carbocycles. The smallest absolute Gasteiger partial charge is 0.305 e. The van der Waals surface area contributed by atoms with Gasteiger partial charge < -0.3 is 15.4 Å². The molecule has 0 saturated carbocycles. The van der Waals surface area contributed by atoms with Gasteiger partial charge in [0, 0.05) is 25.2 Å². The highest BCUT2D eigenvalue weighted by Crippen LogP contribution is 2.29. The molecule has 1 aliphatic heterocycles. The summed E-state index contributed by atoms with van der Waals surface area (Å²) in [6.07, 6.45) is 1.36. The molecule has 1 amide bonds. The summed E-state index contributed by atoms with van der Waals surface area (Å²) < 4.78 is 4.59. The summed E-state index contributed by atoms with van der Waals surface area (Å²) >= 11 is 0. The SMILES string of the molecule is COC(=O)CCCN1C(=O)Cc2cc(CN)ccc21. The monoisotopic (exact) mass is 262 g/mol. The number of amides is 1. The maximum Gasteiger partial charge on any atom is 0.305 e. The van der Waals surface area contributed by atoms with Crippen LogP contribution in [0.3, 0.4) is 0 Å². The van der Waals surface area contributed by atoms with Gasteiger partial charge in [-0.25, -0.2) is 0 Å². The van der Waals surface area contributed by atoms with E-state index >= 15 is 0 Å². The predicted molar refractivity (Wildman–Crippen MR) is 71.6 cm³/mol. The molecule has 102 valence electrons. The van der Waals surface area contributed by atoms with Crippen LogP contribution in [0.25, 0.3) is 0 Å². The summed E-state index contributed by atoms with van der Waals surface area (Å²) in [7, 11) is 1.37. The maximum atomic E-state index is 12.0. The normalized spacial score (nSPS) is 13.6. The minimum atomic E-state index is -0.245. The van der Waals surface area contributed by atoms with Crippen LogP contribution < -0.4 is 10.6 Å². The third-order valence-corrected chi connectivity index (χ3v) is 3.30. The number of methoxy groups -OCH3 is 1. The second-order valence-electron chi connectivity index (χ2n) is 4.57. The first-order chi connectivity index (χ1) is 9.15. The van der Waals surface area contributed by atoms with E-state index in [1.54, 1.807) is 4.90 Å². The molecule has 1 heterocycles. The first-order valence-corrected chi connectivity index (χ1v) is 6.34. The van der Waals surface area contributed by atoms with E-state index in [0.29, 0.717) is 32.4 Å². The number of hydrogen-bond donors (Lipinski definition) is 1. The van der Waals surface area contributed by atoms with Crippen molar-refractivity contribution >= 4 is 17.6 Å². The Morgan fingerprint density at radius 1 is 1.47 bits per heavy atom. The number of anilines is 1. The summed E-state index contributed by atoms with van der Waals surface area (Å²) in [6.45, 7) is 1.02. The van der Waals surface area contributed by atoms with E-state index in [9.17, 15) is 9.59 Å². The highest BCUT2D eigenvalue weighted by molar-refractivity contribution is 6.01. The van der Waals surface area contributed by atoms with Crippen LogP contribution in [0, 0.1) is 0 Å². The first kappa shape index (κ1) is 13.5. The van der Waals surface area contributed by atoms with Crippen molar-refractivity contribution in [3.05, 3.63) is 29.3 Å². The van der Waals surface area contributed by atoms with Crippen LogP contribution in [0.5, 0.6) is 0 Å². The Morgan fingerprint density at radius 3 is 2.95 bits per heavy atom. The molecular weight excluding hydrogens is 244 g/mol. The van der Waals surface area contributed by atoms with E-state index in [1.807, 2.05) is 18.2 Å². The number of fused-ring (bicyclic) bond motifs is 1. The van der Waals surface area contributed by atoms with Gasteiger partial charge in [-0.05, 0) is 23.6 Å². The topological polar surface area (TPSA) is 72.6 Å². The van der Waals surface area contributed by atoms with Crippen molar-refractivity contribution in [2.45, 2.75) is 25.8 Å². The Balaban J connectivity index is 2.03. The zero-order chi connectivity index (χ0) is 13.8. The number of esters is 1. The van der Waals surface area contributed by atoms with Crippen LogP contribution in [0.2, 0.25) is 0 Å². The number of carbonyl (C=O) groups is 2. The van der Waals surface area contributed by atoms with E-state index in [1.165, 1.54) is 7.11 Å². The molecule has 5 nitrogen and oxygen atoms in total. The third kappa shape index (κ3) is 2.93. The molecule has 2 N–H and O–H groups in total. The Hall–Kier alpha value is -1.88. The summed E-state index contributed by atoms with van der Waals surface area (Å²) in [5, 5.41) is 0. The molecule has 0 aliphatic carbocycles. The highest BCUT2D eigenvalue weighted by Gasteiger charge is 2.26. The van der Waals surface area contributed by atoms with Gasteiger partial charge in [-0.1, -0.05) is 12.1 Å². The van der Waals surface area contributed by atoms with Crippen LogP contribution in [0.4, 0.5) is 5.69 Å². The number of carbonyl (C=O) groups excluding carboxylic acids is 2. The number of nitrogens with two attached hydrogens (primary N) is 1. The van der Waals surface area contributed by atoms with Crippen LogP contribution in [0.1, 0.15) is 24.0 Å². The Morgan fingerprint density at radius 2 is 2.26 bits per heavy atom. The van der Waals surface area contributed by atoms with Gasteiger partial charge in [0.25, 0.3) is 0 Å². The average molecular weight is 262 g/mol. The Kier molecular flexibility index (Phi) is 4.16. The third-order valence-electron chi connectivity index (χ3n) is 3.30. The van der Waals surface area contributed by atoms with Crippen molar-refractivity contribution in [3.8, 4) is 0 Å². The summed E-state index contributed by atoms with van der Waals surface area (Å²) in [6, 6.07) is 5.85. The van der Waals surface area contributed by atoms with E-state index in [0.717, 1.165) is 16.8 Å². The molecule has 1 aromatic rings. The van der Waals surface area contributed by atoms with Crippen LogP contribution in [-0.2, 0) is 27.3 Å². The molecule has 0 unspecified atom stereocenters. The van der Waals surface area contributed by atoms with Gasteiger partial charge in [0.15, 0.2) is 0 Å². The lowest BCUT2D eigenvalue weighted by atomic mass is 10.1. The molecule has 1 aliphatic rings. The second kappa shape index (κ2) is 5.84. The van der Waals surface area contributed by atoms with Gasteiger partial charge >= 0.3 is 5.97 Å². The fourth-order valence-electron chi connectivity index (χ4n) is 2.29. The van der Waals surface area contributed by atoms with Crippen molar-refractivity contribution in [1.29, 1.82) is 0 Å². The van der Waals surface area contributed by atoms with Gasteiger partial charge in [-0.3, -0.25) is 9.59 Å². The van der Waals surface area contributed by atoms with E-state index < -0.39 is 0 Å².